The van der Waals surface area contributed by atoms with Crippen LogP contribution in [0.25, 0.3) is 11.0 Å². The molecule has 0 saturated carbocycles. The molecule has 1 N–H and O–H groups in total. The van der Waals surface area contributed by atoms with Crippen LogP contribution >= 0.6 is 0 Å². The van der Waals surface area contributed by atoms with E-state index in [1.165, 1.54) is 17.0 Å². The number of rotatable bonds is 2. The van der Waals surface area contributed by atoms with Crippen molar-refractivity contribution in [3.63, 3.8) is 0 Å². The minimum atomic E-state index is -0.930. The van der Waals surface area contributed by atoms with Gasteiger partial charge in [0.05, 0.1) is 23.1 Å². The zero-order valence-corrected chi connectivity index (χ0v) is 17.5. The Hall–Kier alpha value is -4.19. The molecule has 1 saturated heterocycles. The molecular formula is C27H19NO5. The molecule has 1 fully saturated rings. The second-order valence-electron chi connectivity index (χ2n) is 8.53. The van der Waals surface area contributed by atoms with Crippen LogP contribution in [0, 0.1) is 5.92 Å². The van der Waals surface area contributed by atoms with Gasteiger partial charge in [-0.1, -0.05) is 48.5 Å². The van der Waals surface area contributed by atoms with Crippen molar-refractivity contribution in [2.24, 2.45) is 5.92 Å². The van der Waals surface area contributed by atoms with Gasteiger partial charge in [-0.15, -0.1) is 0 Å². The number of anilines is 1. The van der Waals surface area contributed by atoms with Crippen molar-refractivity contribution in [1.29, 1.82) is 0 Å². The summed E-state index contributed by atoms with van der Waals surface area (Å²) < 4.78 is 5.52. The van der Waals surface area contributed by atoms with Gasteiger partial charge in [0.25, 0.3) is 0 Å². The molecule has 33 heavy (non-hydrogen) atoms. The lowest BCUT2D eigenvalue weighted by Gasteiger charge is -2.32. The Bertz CT molecular complexity index is 1480. The fourth-order valence-corrected chi connectivity index (χ4v) is 5.41. The standard InChI is InChI=1S/C27H19NO5/c29-17-11-12-18-20-14-19(15-7-3-1-4-8-15)22-24(23(20)27(32)33-21(18)13-17)26(31)28(25(22)30)16-9-5-2-6-10-16/h1-13,19,22,24,29H,14H2/t19-,22?,24?/m0/s1. The van der Waals surface area contributed by atoms with Crippen molar-refractivity contribution in [2.75, 3.05) is 4.90 Å². The molecule has 2 amide bonds. The summed E-state index contributed by atoms with van der Waals surface area (Å²) in [5.41, 5.74) is 2.01. The number of phenols is 1. The number of para-hydroxylation sites is 1. The van der Waals surface area contributed by atoms with Crippen molar-refractivity contribution in [1.82, 2.24) is 0 Å². The highest BCUT2D eigenvalue weighted by molar-refractivity contribution is 6.24. The molecule has 0 radical (unpaired) electrons. The average molecular weight is 437 g/mol. The Morgan fingerprint density at radius 2 is 1.55 bits per heavy atom. The molecule has 2 aliphatic rings. The molecule has 6 rings (SSSR count). The summed E-state index contributed by atoms with van der Waals surface area (Å²) in [6, 6.07) is 23.1. The van der Waals surface area contributed by atoms with Gasteiger partial charge >= 0.3 is 5.63 Å². The number of carbonyl (C=O) groups excluding carboxylic acids is 2. The fraction of sp³-hybridized carbons (Fsp3) is 0.148. The Morgan fingerprint density at radius 1 is 0.848 bits per heavy atom. The van der Waals surface area contributed by atoms with E-state index in [0.717, 1.165) is 5.56 Å². The molecule has 2 unspecified atom stereocenters. The average Bonchev–Trinajstić information content (AvgIpc) is 3.09. The summed E-state index contributed by atoms with van der Waals surface area (Å²) in [4.78, 5) is 41.8. The zero-order valence-electron chi connectivity index (χ0n) is 17.5. The highest BCUT2D eigenvalue weighted by atomic mass is 16.4. The van der Waals surface area contributed by atoms with Crippen LogP contribution in [0.4, 0.5) is 5.69 Å². The zero-order chi connectivity index (χ0) is 22.7. The Morgan fingerprint density at radius 3 is 2.27 bits per heavy atom. The van der Waals surface area contributed by atoms with Crippen molar-refractivity contribution in [3.05, 3.63) is 106 Å². The molecule has 2 heterocycles. The maximum Gasteiger partial charge on any atom is 0.340 e. The monoisotopic (exact) mass is 437 g/mol. The normalized spacial score (nSPS) is 21.8. The van der Waals surface area contributed by atoms with Gasteiger partial charge in [-0.05, 0) is 41.8 Å². The number of aromatic hydroxyl groups is 1. The third-order valence-corrected chi connectivity index (χ3v) is 6.80. The van der Waals surface area contributed by atoms with Crippen LogP contribution in [0.1, 0.15) is 28.5 Å². The second kappa shape index (κ2) is 7.17. The predicted molar refractivity (Wildman–Crippen MR) is 122 cm³/mol. The lowest BCUT2D eigenvalue weighted by atomic mass is 9.67. The summed E-state index contributed by atoms with van der Waals surface area (Å²) in [5, 5.41) is 10.5. The number of benzene rings is 3. The molecule has 0 bridgehead atoms. The smallest absolute Gasteiger partial charge is 0.340 e. The molecule has 4 aromatic rings. The molecule has 0 spiro atoms. The maximum atomic E-state index is 13.7. The van der Waals surface area contributed by atoms with E-state index in [4.69, 9.17) is 4.42 Å². The van der Waals surface area contributed by atoms with Crippen LogP contribution in [0.3, 0.4) is 0 Å². The Kier molecular flexibility index (Phi) is 4.23. The van der Waals surface area contributed by atoms with Crippen LogP contribution in [-0.4, -0.2) is 16.9 Å². The van der Waals surface area contributed by atoms with E-state index in [9.17, 15) is 19.5 Å². The van der Waals surface area contributed by atoms with Crippen LogP contribution in [0.5, 0.6) is 5.75 Å². The van der Waals surface area contributed by atoms with E-state index in [1.54, 1.807) is 30.3 Å². The van der Waals surface area contributed by atoms with Gasteiger partial charge in [-0.3, -0.25) is 9.59 Å². The SMILES string of the molecule is O=C1C2c3c(c4ccc(O)cc4oc3=O)C[C@@H](c3ccccc3)C2C(=O)N1c1ccccc1. The number of amides is 2. The molecular weight excluding hydrogens is 418 g/mol. The first kappa shape index (κ1) is 19.5. The van der Waals surface area contributed by atoms with E-state index in [1.807, 2.05) is 36.4 Å². The third-order valence-electron chi connectivity index (χ3n) is 6.80. The molecule has 1 aliphatic carbocycles. The molecule has 3 aromatic carbocycles. The number of hydrogen-bond donors (Lipinski definition) is 1. The first-order valence-corrected chi connectivity index (χ1v) is 10.8. The minimum Gasteiger partial charge on any atom is -0.508 e. The van der Waals surface area contributed by atoms with E-state index < -0.39 is 23.4 Å². The summed E-state index contributed by atoms with van der Waals surface area (Å²) in [6.07, 6.45) is 0.412. The Balaban J connectivity index is 1.62. The van der Waals surface area contributed by atoms with Crippen LogP contribution in [0.2, 0.25) is 0 Å². The first-order valence-electron chi connectivity index (χ1n) is 10.8. The quantitative estimate of drug-likeness (QED) is 0.377. The number of nitrogens with zero attached hydrogens (tertiary/aromatic N) is 1. The third kappa shape index (κ3) is 2.84. The number of imide groups is 1. The predicted octanol–water partition coefficient (Wildman–Crippen LogP) is 4.11. The van der Waals surface area contributed by atoms with Crippen molar-refractivity contribution in [2.45, 2.75) is 18.3 Å². The molecule has 162 valence electrons. The van der Waals surface area contributed by atoms with Crippen LogP contribution in [0.15, 0.2) is 88.1 Å². The summed E-state index contributed by atoms with van der Waals surface area (Å²) in [5.74, 6) is -2.65. The lowest BCUT2D eigenvalue weighted by Crippen LogP contribution is -2.34. The van der Waals surface area contributed by atoms with E-state index in [0.29, 0.717) is 23.1 Å². The van der Waals surface area contributed by atoms with E-state index in [-0.39, 0.29) is 28.7 Å². The molecule has 6 nitrogen and oxygen atoms in total. The number of phenolic OH excluding ortho intramolecular Hbond substituents is 1. The van der Waals surface area contributed by atoms with Crippen LogP contribution < -0.4 is 10.5 Å². The van der Waals surface area contributed by atoms with Gasteiger partial charge in [0, 0.05) is 17.4 Å². The number of fused-ring (bicyclic) bond motifs is 5. The maximum absolute atomic E-state index is 13.7. The highest BCUT2D eigenvalue weighted by Crippen LogP contribution is 2.51. The van der Waals surface area contributed by atoms with Gasteiger partial charge in [0.1, 0.15) is 11.3 Å². The lowest BCUT2D eigenvalue weighted by molar-refractivity contribution is -0.122. The molecule has 6 heteroatoms. The summed E-state index contributed by atoms with van der Waals surface area (Å²) in [6.45, 7) is 0. The number of hydrogen-bond acceptors (Lipinski definition) is 5. The van der Waals surface area contributed by atoms with Gasteiger partial charge in [0.2, 0.25) is 11.8 Å². The number of carbonyl (C=O) groups is 2. The van der Waals surface area contributed by atoms with Gasteiger partial charge in [0.15, 0.2) is 0 Å². The highest BCUT2D eigenvalue weighted by Gasteiger charge is 2.56. The van der Waals surface area contributed by atoms with Crippen molar-refractivity contribution < 1.29 is 19.1 Å². The molecule has 1 aliphatic heterocycles. The van der Waals surface area contributed by atoms with Crippen molar-refractivity contribution in [3.8, 4) is 5.75 Å². The second-order valence-corrected chi connectivity index (χ2v) is 8.53. The first-order chi connectivity index (χ1) is 16.0. The van der Waals surface area contributed by atoms with Crippen LogP contribution in [-0.2, 0) is 16.0 Å². The summed E-state index contributed by atoms with van der Waals surface area (Å²) >= 11 is 0. The molecule has 3 atom stereocenters. The van der Waals surface area contributed by atoms with E-state index >= 15 is 0 Å². The van der Waals surface area contributed by atoms with E-state index in [2.05, 4.69) is 0 Å². The van der Waals surface area contributed by atoms with Crippen molar-refractivity contribution >= 4 is 28.5 Å². The molecule has 1 aromatic heterocycles. The summed E-state index contributed by atoms with van der Waals surface area (Å²) in [7, 11) is 0. The van der Waals surface area contributed by atoms with Gasteiger partial charge in [-0.25, -0.2) is 9.69 Å². The largest absolute Gasteiger partial charge is 0.508 e. The minimum absolute atomic E-state index is 0.0127. The fourth-order valence-electron chi connectivity index (χ4n) is 5.41. The van der Waals surface area contributed by atoms with Gasteiger partial charge in [-0.2, -0.15) is 0 Å². The Labute approximate surface area is 188 Å². The topological polar surface area (TPSA) is 87.8 Å². The van der Waals surface area contributed by atoms with Gasteiger partial charge < -0.3 is 9.52 Å².